The predicted octanol–water partition coefficient (Wildman–Crippen LogP) is 2.79. The number of ketones is 1. The van der Waals surface area contributed by atoms with E-state index in [9.17, 15) is 14.7 Å². The highest BCUT2D eigenvalue weighted by Gasteiger charge is 2.44. The molecule has 0 spiro atoms. The number of likely N-dealkylation sites (tertiary alicyclic amines) is 1. The average molecular weight is 505 g/mol. The molecule has 1 atom stereocenters. The van der Waals surface area contributed by atoms with E-state index >= 15 is 0 Å². The van der Waals surface area contributed by atoms with Crippen molar-refractivity contribution in [2.45, 2.75) is 26.3 Å². The Labute approximate surface area is 210 Å². The number of carbonyl (C=O) groups is 2. The topological polar surface area (TPSA) is 74.1 Å². The quantitative estimate of drug-likeness (QED) is 0.323. The van der Waals surface area contributed by atoms with Crippen molar-refractivity contribution >= 4 is 40.7 Å². The zero-order chi connectivity index (χ0) is 25.0. The van der Waals surface area contributed by atoms with Crippen molar-refractivity contribution < 1.29 is 24.3 Å². The lowest BCUT2D eigenvalue weighted by Crippen LogP contribution is -3.05. The van der Waals surface area contributed by atoms with E-state index in [-0.39, 0.29) is 5.57 Å². The van der Waals surface area contributed by atoms with Crippen LogP contribution in [-0.4, -0.2) is 50.4 Å². The minimum absolute atomic E-state index is 0.0951. The van der Waals surface area contributed by atoms with Gasteiger partial charge in [0.15, 0.2) is 0 Å². The van der Waals surface area contributed by atoms with Crippen molar-refractivity contribution in [2.75, 3.05) is 33.8 Å². The second-order valence-electron chi connectivity index (χ2n) is 9.18. The second kappa shape index (κ2) is 11.3. The Morgan fingerprint density at radius 1 is 1.12 bits per heavy atom. The van der Waals surface area contributed by atoms with Crippen LogP contribution in [0, 0.1) is 5.92 Å². The highest BCUT2D eigenvalue weighted by atomic mass is 35.5. The fraction of sp³-hybridized carbons (Fsp3) is 0.385. The monoisotopic (exact) mass is 504 g/mol. The average Bonchev–Trinajstić information content (AvgIpc) is 3.02. The smallest absolute Gasteiger partial charge is 0.295 e. The van der Waals surface area contributed by atoms with Gasteiger partial charge in [0.1, 0.15) is 5.75 Å². The molecule has 0 radical (unpaired) electrons. The van der Waals surface area contributed by atoms with Crippen molar-refractivity contribution in [2.24, 2.45) is 5.92 Å². The molecule has 2 aromatic rings. The number of Topliss-reactive ketones (excluding diaryl/α,β-unsaturated/α-hetero) is 1. The van der Waals surface area contributed by atoms with Crippen LogP contribution < -0.4 is 14.7 Å². The Morgan fingerprint density at radius 3 is 2.38 bits per heavy atom. The van der Waals surface area contributed by atoms with E-state index in [1.54, 1.807) is 42.5 Å². The van der Waals surface area contributed by atoms with Crippen molar-refractivity contribution in [1.82, 2.24) is 4.90 Å². The van der Waals surface area contributed by atoms with Gasteiger partial charge >= 0.3 is 0 Å². The normalized spacial score (nSPS) is 17.8. The molecule has 1 aliphatic heterocycles. The van der Waals surface area contributed by atoms with E-state index in [1.165, 1.54) is 9.80 Å². The molecule has 1 unspecified atom stereocenters. The van der Waals surface area contributed by atoms with Crippen LogP contribution in [0.3, 0.4) is 0 Å². The van der Waals surface area contributed by atoms with Crippen LogP contribution in [0.1, 0.15) is 37.4 Å². The highest BCUT2D eigenvalue weighted by Crippen LogP contribution is 2.42. The summed E-state index contributed by atoms with van der Waals surface area (Å²) >= 11 is 12.5. The van der Waals surface area contributed by atoms with Crippen molar-refractivity contribution in [3.8, 4) is 5.75 Å². The largest absolute Gasteiger partial charge is 0.872 e. The Bertz CT molecular complexity index is 1080. The molecule has 3 rings (SSSR count). The van der Waals surface area contributed by atoms with Crippen molar-refractivity contribution in [1.29, 1.82) is 0 Å². The number of ether oxygens (including phenoxy) is 1. The maximum Gasteiger partial charge on any atom is 0.295 e. The summed E-state index contributed by atoms with van der Waals surface area (Å²) in [6, 6.07) is 10.6. The number of rotatable bonds is 9. The van der Waals surface area contributed by atoms with E-state index in [2.05, 4.69) is 0 Å². The number of benzene rings is 2. The third-order valence-corrected chi connectivity index (χ3v) is 6.12. The van der Waals surface area contributed by atoms with Gasteiger partial charge in [0.2, 0.25) is 5.78 Å². The fourth-order valence-corrected chi connectivity index (χ4v) is 4.38. The molecule has 0 bridgehead atoms. The second-order valence-corrected chi connectivity index (χ2v) is 10.0. The Morgan fingerprint density at radius 2 is 1.79 bits per heavy atom. The van der Waals surface area contributed by atoms with E-state index in [0.29, 0.717) is 52.4 Å². The van der Waals surface area contributed by atoms with Crippen molar-refractivity contribution in [3.05, 3.63) is 69.2 Å². The molecule has 1 N–H and O–H groups in total. The molecule has 0 aliphatic carbocycles. The number of halogens is 2. The van der Waals surface area contributed by atoms with Crippen LogP contribution in [0.4, 0.5) is 0 Å². The molecular formula is C26H30Cl2N2O4. The third kappa shape index (κ3) is 5.93. The summed E-state index contributed by atoms with van der Waals surface area (Å²) in [5, 5.41) is 14.2. The SMILES string of the molecule is CC(C)COc1ccc(C([O-])=C2C(=O)C(=O)N(CCC[NH+](C)C)C2c2ccc(Cl)cc2Cl)cc1. The molecule has 1 amide bonds. The molecule has 1 saturated heterocycles. The Hall–Kier alpha value is -2.54. The molecule has 34 heavy (non-hydrogen) atoms. The minimum atomic E-state index is -0.869. The molecule has 6 nitrogen and oxygen atoms in total. The summed E-state index contributed by atoms with van der Waals surface area (Å²) in [7, 11) is 4.03. The van der Waals surface area contributed by atoms with Gasteiger partial charge in [-0.2, -0.15) is 0 Å². The van der Waals surface area contributed by atoms with Gasteiger partial charge in [0, 0.05) is 28.6 Å². The number of hydrogen-bond acceptors (Lipinski definition) is 4. The van der Waals surface area contributed by atoms with Crippen molar-refractivity contribution in [3.63, 3.8) is 0 Å². The van der Waals surface area contributed by atoms with Crippen LogP contribution in [0.25, 0.3) is 5.76 Å². The van der Waals surface area contributed by atoms with E-state index in [1.807, 2.05) is 27.9 Å². The number of quaternary nitrogens is 1. The summed E-state index contributed by atoms with van der Waals surface area (Å²) in [5.74, 6) is -0.980. The first-order valence-corrected chi connectivity index (χ1v) is 12.1. The van der Waals surface area contributed by atoms with E-state index < -0.39 is 23.5 Å². The molecule has 8 heteroatoms. The Kier molecular flexibility index (Phi) is 8.63. The lowest BCUT2D eigenvalue weighted by Gasteiger charge is -2.28. The van der Waals surface area contributed by atoms with Gasteiger partial charge in [0.05, 0.1) is 33.3 Å². The van der Waals surface area contributed by atoms with Gasteiger partial charge in [-0.05, 0) is 41.3 Å². The van der Waals surface area contributed by atoms with E-state index in [0.717, 1.165) is 6.54 Å². The van der Waals surface area contributed by atoms with Gasteiger partial charge < -0.3 is 19.6 Å². The van der Waals surface area contributed by atoms with Crippen LogP contribution >= 0.6 is 23.2 Å². The lowest BCUT2D eigenvalue weighted by atomic mass is 9.95. The number of nitrogens with one attached hydrogen (secondary N) is 1. The maximum atomic E-state index is 13.5. The highest BCUT2D eigenvalue weighted by molar-refractivity contribution is 6.47. The van der Waals surface area contributed by atoms with Gasteiger partial charge in [-0.1, -0.05) is 61.0 Å². The van der Waals surface area contributed by atoms with Crippen LogP contribution in [0.15, 0.2) is 48.0 Å². The summed E-state index contributed by atoms with van der Waals surface area (Å²) in [6.45, 7) is 5.78. The predicted molar refractivity (Wildman–Crippen MR) is 132 cm³/mol. The number of hydrogen-bond donors (Lipinski definition) is 1. The third-order valence-electron chi connectivity index (χ3n) is 5.56. The Balaban J connectivity index is 2.04. The maximum absolute atomic E-state index is 13.5. The first-order chi connectivity index (χ1) is 16.1. The number of carbonyl (C=O) groups excluding carboxylic acids is 2. The first-order valence-electron chi connectivity index (χ1n) is 11.3. The zero-order valence-corrected chi connectivity index (χ0v) is 21.4. The molecule has 1 aliphatic rings. The molecule has 182 valence electrons. The number of amides is 1. The number of nitrogens with zero attached hydrogens (tertiary/aromatic N) is 1. The molecule has 1 heterocycles. The molecule has 1 fully saturated rings. The summed E-state index contributed by atoms with van der Waals surface area (Å²) in [5.41, 5.74) is 0.715. The fourth-order valence-electron chi connectivity index (χ4n) is 3.87. The van der Waals surface area contributed by atoms with Crippen LogP contribution in [0.2, 0.25) is 10.0 Å². The van der Waals surface area contributed by atoms with Gasteiger partial charge in [-0.25, -0.2) is 0 Å². The molecule has 0 aromatic heterocycles. The van der Waals surface area contributed by atoms with Crippen LogP contribution in [0.5, 0.6) is 5.75 Å². The van der Waals surface area contributed by atoms with E-state index in [4.69, 9.17) is 27.9 Å². The van der Waals surface area contributed by atoms with Gasteiger partial charge in [-0.15, -0.1) is 0 Å². The standard InChI is InChI=1S/C26H30Cl2N2O4/c1-16(2)15-34-19-9-6-17(7-10-19)24(31)22-23(20-11-8-18(27)14-21(20)28)30(26(33)25(22)32)13-5-12-29(3)4/h6-11,14,16,23,31H,5,12-13,15H2,1-4H3. The molecule has 2 aromatic carbocycles. The minimum Gasteiger partial charge on any atom is -0.872 e. The summed E-state index contributed by atoms with van der Waals surface area (Å²) < 4.78 is 5.68. The van der Waals surface area contributed by atoms with Gasteiger partial charge in [-0.3, -0.25) is 9.59 Å². The first kappa shape index (κ1) is 26.1. The van der Waals surface area contributed by atoms with Crippen LogP contribution in [-0.2, 0) is 9.59 Å². The molecule has 0 saturated carbocycles. The summed E-state index contributed by atoms with van der Waals surface area (Å²) in [6.07, 6.45) is 0.673. The lowest BCUT2D eigenvalue weighted by molar-refractivity contribution is -0.858. The van der Waals surface area contributed by atoms with Gasteiger partial charge in [0.25, 0.3) is 5.91 Å². The zero-order valence-electron chi connectivity index (χ0n) is 19.9. The summed E-state index contributed by atoms with van der Waals surface area (Å²) in [4.78, 5) is 28.8. The molecular weight excluding hydrogens is 475 g/mol.